The number of hydrogen-bond donors (Lipinski definition) is 0. The molecule has 0 radical (unpaired) electrons. The zero-order chi connectivity index (χ0) is 12.7. The van der Waals surface area contributed by atoms with E-state index in [1.54, 1.807) is 0 Å². The van der Waals surface area contributed by atoms with Gasteiger partial charge < -0.3 is 4.74 Å². The fourth-order valence-corrected chi connectivity index (χ4v) is 1.79. The molecular formula is C15H22O2. The van der Waals surface area contributed by atoms with Gasteiger partial charge in [-0.25, -0.2) is 4.79 Å². The maximum atomic E-state index is 12.0. The lowest BCUT2D eigenvalue weighted by Gasteiger charge is -2.16. The average Bonchev–Trinajstić information content (AvgIpc) is 2.34. The Morgan fingerprint density at radius 3 is 2.59 bits per heavy atom. The molecule has 0 spiro atoms. The molecule has 1 aromatic carbocycles. The van der Waals surface area contributed by atoms with E-state index >= 15 is 0 Å². The molecule has 17 heavy (non-hydrogen) atoms. The van der Waals surface area contributed by atoms with Gasteiger partial charge in [0.05, 0.1) is 5.56 Å². The first-order chi connectivity index (χ1) is 8.19. The van der Waals surface area contributed by atoms with Crippen LogP contribution in [0.3, 0.4) is 0 Å². The van der Waals surface area contributed by atoms with E-state index in [0.717, 1.165) is 31.2 Å². The third-order valence-corrected chi connectivity index (χ3v) is 2.97. The molecular weight excluding hydrogens is 212 g/mol. The van der Waals surface area contributed by atoms with Crippen molar-refractivity contribution in [2.24, 2.45) is 0 Å². The van der Waals surface area contributed by atoms with Gasteiger partial charge in [0, 0.05) is 0 Å². The number of esters is 1. The van der Waals surface area contributed by atoms with Crippen LogP contribution in [0.4, 0.5) is 0 Å². The third kappa shape index (κ3) is 4.22. The molecule has 0 aliphatic heterocycles. The van der Waals surface area contributed by atoms with Gasteiger partial charge in [0.25, 0.3) is 0 Å². The van der Waals surface area contributed by atoms with E-state index in [1.807, 2.05) is 31.2 Å². The van der Waals surface area contributed by atoms with Crippen molar-refractivity contribution >= 4 is 5.97 Å². The topological polar surface area (TPSA) is 26.3 Å². The quantitative estimate of drug-likeness (QED) is 0.692. The lowest BCUT2D eigenvalue weighted by atomic mass is 10.1. The van der Waals surface area contributed by atoms with Gasteiger partial charge in [-0.1, -0.05) is 44.9 Å². The Morgan fingerprint density at radius 2 is 2.00 bits per heavy atom. The van der Waals surface area contributed by atoms with E-state index in [0.29, 0.717) is 5.56 Å². The first-order valence-electron chi connectivity index (χ1n) is 6.45. The Balaban J connectivity index is 2.61. The molecule has 0 heterocycles. The Hall–Kier alpha value is -1.31. The molecule has 94 valence electrons. The Morgan fingerprint density at radius 1 is 1.29 bits per heavy atom. The molecule has 1 aromatic rings. The van der Waals surface area contributed by atoms with E-state index in [9.17, 15) is 4.79 Å². The van der Waals surface area contributed by atoms with E-state index in [2.05, 4.69) is 13.8 Å². The van der Waals surface area contributed by atoms with Crippen molar-refractivity contribution < 1.29 is 9.53 Å². The first kappa shape index (κ1) is 13.8. The molecule has 0 fully saturated rings. The molecule has 1 atom stereocenters. The van der Waals surface area contributed by atoms with Gasteiger partial charge in [-0.3, -0.25) is 0 Å². The van der Waals surface area contributed by atoms with Crippen LogP contribution in [0.1, 0.15) is 55.5 Å². The second-order valence-electron chi connectivity index (χ2n) is 4.39. The number of aryl methyl sites for hydroxylation is 1. The minimum absolute atomic E-state index is 0.0575. The summed E-state index contributed by atoms with van der Waals surface area (Å²) in [4.78, 5) is 12.0. The van der Waals surface area contributed by atoms with Crippen molar-refractivity contribution in [3.05, 3.63) is 35.4 Å². The van der Waals surface area contributed by atoms with E-state index in [1.165, 1.54) is 0 Å². The lowest BCUT2D eigenvalue weighted by Crippen LogP contribution is -2.18. The fraction of sp³-hybridized carbons (Fsp3) is 0.533. The van der Waals surface area contributed by atoms with E-state index in [-0.39, 0.29) is 12.1 Å². The van der Waals surface area contributed by atoms with Gasteiger partial charge >= 0.3 is 5.97 Å². The van der Waals surface area contributed by atoms with Crippen LogP contribution < -0.4 is 0 Å². The van der Waals surface area contributed by atoms with E-state index < -0.39 is 0 Å². The van der Waals surface area contributed by atoms with Gasteiger partial charge in [0.2, 0.25) is 0 Å². The van der Waals surface area contributed by atoms with Crippen LogP contribution >= 0.6 is 0 Å². The van der Waals surface area contributed by atoms with Gasteiger partial charge in [0.1, 0.15) is 6.10 Å². The standard InChI is InChI=1S/C15H22O2/c1-4-6-10-13(5-2)17-15(16)14-11-8-7-9-12(14)3/h7-9,11,13H,4-6,10H2,1-3H3/t13-/m0/s1. The third-order valence-electron chi connectivity index (χ3n) is 2.97. The predicted molar refractivity (Wildman–Crippen MR) is 70.2 cm³/mol. The van der Waals surface area contributed by atoms with Crippen LogP contribution in [-0.4, -0.2) is 12.1 Å². The largest absolute Gasteiger partial charge is 0.459 e. The van der Waals surface area contributed by atoms with Gasteiger partial charge in [-0.15, -0.1) is 0 Å². The van der Waals surface area contributed by atoms with Crippen molar-refractivity contribution in [3.63, 3.8) is 0 Å². The lowest BCUT2D eigenvalue weighted by molar-refractivity contribution is 0.0267. The SMILES string of the molecule is CCCC[C@H](CC)OC(=O)c1ccccc1C. The van der Waals surface area contributed by atoms with Crippen molar-refractivity contribution in [2.75, 3.05) is 0 Å². The zero-order valence-electron chi connectivity index (χ0n) is 11.0. The Bertz CT molecular complexity index is 358. The summed E-state index contributed by atoms with van der Waals surface area (Å²) < 4.78 is 5.53. The summed E-state index contributed by atoms with van der Waals surface area (Å²) in [6, 6.07) is 7.56. The Kier molecular flexibility index (Phi) is 5.75. The molecule has 0 aromatic heterocycles. The van der Waals surface area contributed by atoms with Crippen LogP contribution in [0.5, 0.6) is 0 Å². The highest BCUT2D eigenvalue weighted by molar-refractivity contribution is 5.91. The maximum Gasteiger partial charge on any atom is 0.338 e. The van der Waals surface area contributed by atoms with Crippen molar-refractivity contribution in [3.8, 4) is 0 Å². The second-order valence-corrected chi connectivity index (χ2v) is 4.39. The van der Waals surface area contributed by atoms with Gasteiger partial charge in [0.15, 0.2) is 0 Å². The number of hydrogen-bond acceptors (Lipinski definition) is 2. The summed E-state index contributed by atoms with van der Waals surface area (Å²) in [5.74, 6) is -0.189. The molecule has 2 nitrogen and oxygen atoms in total. The molecule has 0 aliphatic rings. The number of unbranched alkanes of at least 4 members (excludes halogenated alkanes) is 1. The first-order valence-corrected chi connectivity index (χ1v) is 6.45. The van der Waals surface area contributed by atoms with Crippen molar-refractivity contribution in [1.82, 2.24) is 0 Å². The van der Waals surface area contributed by atoms with Crippen LogP contribution in [0.25, 0.3) is 0 Å². The summed E-state index contributed by atoms with van der Waals surface area (Å²) in [7, 11) is 0. The van der Waals surface area contributed by atoms with Crippen LogP contribution in [0, 0.1) is 6.92 Å². The van der Waals surface area contributed by atoms with Crippen LogP contribution in [-0.2, 0) is 4.74 Å². The molecule has 0 saturated carbocycles. The smallest absolute Gasteiger partial charge is 0.338 e. The Labute approximate surface area is 104 Å². The summed E-state index contributed by atoms with van der Waals surface area (Å²) in [5.41, 5.74) is 1.66. The summed E-state index contributed by atoms with van der Waals surface area (Å²) in [5, 5.41) is 0. The number of carbonyl (C=O) groups is 1. The molecule has 0 aliphatic carbocycles. The summed E-state index contributed by atoms with van der Waals surface area (Å²) in [6.07, 6.45) is 4.15. The minimum Gasteiger partial charge on any atom is -0.459 e. The molecule has 0 bridgehead atoms. The number of rotatable bonds is 6. The average molecular weight is 234 g/mol. The number of ether oxygens (including phenoxy) is 1. The normalized spacial score (nSPS) is 12.2. The molecule has 0 N–H and O–H groups in total. The maximum absolute atomic E-state index is 12.0. The fourth-order valence-electron chi connectivity index (χ4n) is 1.79. The van der Waals surface area contributed by atoms with Crippen molar-refractivity contribution in [1.29, 1.82) is 0 Å². The highest BCUT2D eigenvalue weighted by Crippen LogP contribution is 2.14. The number of benzene rings is 1. The van der Waals surface area contributed by atoms with Gasteiger partial charge in [-0.05, 0) is 31.4 Å². The molecule has 1 rings (SSSR count). The van der Waals surface area contributed by atoms with Crippen LogP contribution in [0.15, 0.2) is 24.3 Å². The van der Waals surface area contributed by atoms with Gasteiger partial charge in [-0.2, -0.15) is 0 Å². The zero-order valence-corrected chi connectivity index (χ0v) is 11.0. The highest BCUT2D eigenvalue weighted by Gasteiger charge is 2.15. The molecule has 0 amide bonds. The minimum atomic E-state index is -0.189. The van der Waals surface area contributed by atoms with Crippen LogP contribution in [0.2, 0.25) is 0 Å². The second kappa shape index (κ2) is 7.10. The monoisotopic (exact) mass is 234 g/mol. The predicted octanol–water partition coefficient (Wildman–Crippen LogP) is 4.12. The molecule has 0 unspecified atom stereocenters. The number of carbonyl (C=O) groups excluding carboxylic acids is 1. The van der Waals surface area contributed by atoms with E-state index in [4.69, 9.17) is 4.74 Å². The molecule has 0 saturated heterocycles. The summed E-state index contributed by atoms with van der Waals surface area (Å²) >= 11 is 0. The molecule has 2 heteroatoms. The van der Waals surface area contributed by atoms with Crippen molar-refractivity contribution in [2.45, 2.75) is 52.6 Å². The highest BCUT2D eigenvalue weighted by atomic mass is 16.5. The summed E-state index contributed by atoms with van der Waals surface area (Å²) in [6.45, 7) is 6.14.